The van der Waals surface area contributed by atoms with Gasteiger partial charge in [-0.2, -0.15) is 5.26 Å². The summed E-state index contributed by atoms with van der Waals surface area (Å²) < 4.78 is 10.7. The zero-order valence-corrected chi connectivity index (χ0v) is 15.5. The number of benzene rings is 1. The normalized spacial score (nSPS) is 10.5. The monoisotopic (exact) mass is 378 g/mol. The molecule has 3 aromatic rings. The van der Waals surface area contributed by atoms with E-state index in [2.05, 4.69) is 15.2 Å². The lowest BCUT2D eigenvalue weighted by Crippen LogP contribution is -2.17. The molecule has 0 unspecified atom stereocenters. The van der Waals surface area contributed by atoms with Crippen LogP contribution >= 0.6 is 0 Å². The Bertz CT molecular complexity index is 1090. The highest BCUT2D eigenvalue weighted by Gasteiger charge is 2.15. The SMILES string of the molecule is Cc1[nH]c(=O)c(C#N)c(C)c1CCC(=O)OCc1nnc(-c2ccccc2)o1. The molecule has 0 radical (unpaired) electrons. The first-order valence-electron chi connectivity index (χ1n) is 8.65. The molecule has 0 aliphatic carbocycles. The van der Waals surface area contributed by atoms with E-state index >= 15 is 0 Å². The molecule has 0 fully saturated rings. The average Bonchev–Trinajstić information content (AvgIpc) is 3.16. The summed E-state index contributed by atoms with van der Waals surface area (Å²) in [5, 5.41) is 16.9. The molecule has 8 heteroatoms. The number of rotatable bonds is 6. The highest BCUT2D eigenvalue weighted by molar-refractivity contribution is 5.69. The van der Waals surface area contributed by atoms with Crippen LogP contribution in [0, 0.1) is 25.2 Å². The van der Waals surface area contributed by atoms with Gasteiger partial charge in [0.15, 0.2) is 6.61 Å². The Morgan fingerprint density at radius 1 is 1.25 bits per heavy atom. The van der Waals surface area contributed by atoms with Gasteiger partial charge in [-0.25, -0.2) is 0 Å². The smallest absolute Gasteiger partial charge is 0.306 e. The van der Waals surface area contributed by atoms with Gasteiger partial charge >= 0.3 is 5.97 Å². The number of nitrogens with one attached hydrogen (secondary N) is 1. The van der Waals surface area contributed by atoms with Gasteiger partial charge in [0.2, 0.25) is 5.89 Å². The molecule has 0 atom stereocenters. The van der Waals surface area contributed by atoms with Crippen LogP contribution in [-0.4, -0.2) is 21.2 Å². The van der Waals surface area contributed by atoms with E-state index in [0.29, 0.717) is 23.6 Å². The maximum absolute atomic E-state index is 12.1. The van der Waals surface area contributed by atoms with Crippen molar-refractivity contribution < 1.29 is 13.9 Å². The van der Waals surface area contributed by atoms with E-state index in [1.54, 1.807) is 13.8 Å². The van der Waals surface area contributed by atoms with Gasteiger partial charge in [0.05, 0.1) is 0 Å². The Labute approximate surface area is 160 Å². The van der Waals surface area contributed by atoms with E-state index < -0.39 is 11.5 Å². The Hall–Kier alpha value is -3.73. The number of carbonyl (C=O) groups excluding carboxylic acids is 1. The fraction of sp³-hybridized carbons (Fsp3) is 0.250. The standard InChI is InChI=1S/C20H18N4O4/c1-12-15(13(2)22-19(26)16(12)10-21)8-9-18(25)27-11-17-23-24-20(28-17)14-6-4-3-5-7-14/h3-7H,8-9,11H2,1-2H3,(H,22,26). The van der Waals surface area contributed by atoms with Crippen molar-refractivity contribution in [3.63, 3.8) is 0 Å². The van der Waals surface area contributed by atoms with Gasteiger partial charge in [0, 0.05) is 17.7 Å². The number of nitrogens with zero attached hydrogens (tertiary/aromatic N) is 3. The molecule has 0 spiro atoms. The number of carbonyl (C=O) groups is 1. The fourth-order valence-electron chi connectivity index (χ4n) is 2.87. The zero-order valence-electron chi connectivity index (χ0n) is 15.5. The summed E-state index contributed by atoms with van der Waals surface area (Å²) in [4.78, 5) is 26.5. The summed E-state index contributed by atoms with van der Waals surface area (Å²) in [7, 11) is 0. The van der Waals surface area contributed by atoms with Gasteiger partial charge in [-0.05, 0) is 43.5 Å². The Balaban J connectivity index is 1.58. The summed E-state index contributed by atoms with van der Waals surface area (Å²) in [5.74, 6) is 0.119. The van der Waals surface area contributed by atoms with Gasteiger partial charge in [-0.3, -0.25) is 9.59 Å². The third-order valence-electron chi connectivity index (χ3n) is 4.34. The molecule has 1 N–H and O–H groups in total. The Morgan fingerprint density at radius 2 is 2.00 bits per heavy atom. The minimum atomic E-state index is -0.442. The number of nitriles is 1. The highest BCUT2D eigenvalue weighted by atomic mass is 16.5. The topological polar surface area (TPSA) is 122 Å². The number of esters is 1. The maximum atomic E-state index is 12.1. The minimum absolute atomic E-state index is 0.0632. The zero-order chi connectivity index (χ0) is 20.1. The molecule has 2 aromatic heterocycles. The van der Waals surface area contributed by atoms with Crippen LogP contribution < -0.4 is 5.56 Å². The lowest BCUT2D eigenvalue weighted by Gasteiger charge is -2.10. The Morgan fingerprint density at radius 3 is 2.71 bits per heavy atom. The second-order valence-corrected chi connectivity index (χ2v) is 6.20. The summed E-state index contributed by atoms with van der Waals surface area (Å²) in [6.45, 7) is 3.32. The first-order chi connectivity index (χ1) is 13.5. The second-order valence-electron chi connectivity index (χ2n) is 6.20. The lowest BCUT2D eigenvalue weighted by atomic mass is 9.99. The summed E-state index contributed by atoms with van der Waals surface area (Å²) in [6, 6.07) is 11.2. The number of aryl methyl sites for hydroxylation is 1. The van der Waals surface area contributed by atoms with E-state index in [-0.39, 0.29) is 24.5 Å². The summed E-state index contributed by atoms with van der Waals surface area (Å²) >= 11 is 0. The van der Waals surface area contributed by atoms with Crippen LogP contribution in [0.2, 0.25) is 0 Å². The minimum Gasteiger partial charge on any atom is -0.456 e. The van der Waals surface area contributed by atoms with Crippen LogP contribution in [0.1, 0.15) is 34.7 Å². The molecule has 8 nitrogen and oxygen atoms in total. The first kappa shape index (κ1) is 19.0. The number of ether oxygens (including phenoxy) is 1. The van der Waals surface area contributed by atoms with E-state index in [1.165, 1.54) is 0 Å². The lowest BCUT2D eigenvalue weighted by molar-refractivity contribution is -0.145. The molecule has 0 saturated heterocycles. The van der Waals surface area contributed by atoms with Crippen LogP contribution in [0.4, 0.5) is 0 Å². The highest BCUT2D eigenvalue weighted by Crippen LogP contribution is 2.18. The van der Waals surface area contributed by atoms with Crippen LogP contribution in [0.25, 0.3) is 11.5 Å². The van der Waals surface area contributed by atoms with Crippen molar-refractivity contribution in [3.8, 4) is 17.5 Å². The molecular weight excluding hydrogens is 360 g/mol. The molecular formula is C20H18N4O4. The third-order valence-corrected chi connectivity index (χ3v) is 4.34. The fourth-order valence-corrected chi connectivity index (χ4v) is 2.87. The van der Waals surface area contributed by atoms with Crippen molar-refractivity contribution in [1.29, 1.82) is 5.26 Å². The van der Waals surface area contributed by atoms with Crippen molar-refractivity contribution in [3.05, 3.63) is 69.0 Å². The molecule has 0 amide bonds. The maximum Gasteiger partial charge on any atom is 0.306 e. The molecule has 0 aliphatic heterocycles. The summed E-state index contributed by atoms with van der Waals surface area (Å²) in [5.41, 5.74) is 2.41. The first-order valence-corrected chi connectivity index (χ1v) is 8.65. The predicted octanol–water partition coefficient (Wildman–Crippen LogP) is 2.59. The molecule has 1 aromatic carbocycles. The second kappa shape index (κ2) is 8.31. The molecule has 0 aliphatic rings. The quantitative estimate of drug-likeness (QED) is 0.654. The predicted molar refractivity (Wildman–Crippen MR) is 99.1 cm³/mol. The van der Waals surface area contributed by atoms with E-state index in [4.69, 9.17) is 14.4 Å². The number of aromatic amines is 1. The molecule has 0 saturated carbocycles. The van der Waals surface area contributed by atoms with Crippen LogP contribution in [0.5, 0.6) is 0 Å². The van der Waals surface area contributed by atoms with Crippen LogP contribution in [0.3, 0.4) is 0 Å². The van der Waals surface area contributed by atoms with Gasteiger partial charge < -0.3 is 14.1 Å². The van der Waals surface area contributed by atoms with Crippen molar-refractivity contribution >= 4 is 5.97 Å². The molecule has 28 heavy (non-hydrogen) atoms. The molecule has 2 heterocycles. The van der Waals surface area contributed by atoms with Crippen molar-refractivity contribution in [2.24, 2.45) is 0 Å². The van der Waals surface area contributed by atoms with Crippen LogP contribution in [-0.2, 0) is 22.6 Å². The molecule has 0 bridgehead atoms. The van der Waals surface area contributed by atoms with Crippen molar-refractivity contribution in [2.75, 3.05) is 0 Å². The van der Waals surface area contributed by atoms with Gasteiger partial charge in [0.25, 0.3) is 11.4 Å². The van der Waals surface area contributed by atoms with Gasteiger partial charge in [-0.1, -0.05) is 18.2 Å². The number of H-pyrrole nitrogens is 1. The van der Waals surface area contributed by atoms with Crippen LogP contribution in [0.15, 0.2) is 39.5 Å². The Kier molecular flexibility index (Phi) is 5.65. The van der Waals surface area contributed by atoms with Gasteiger partial charge in [0.1, 0.15) is 11.6 Å². The molecule has 3 rings (SSSR count). The number of pyridine rings is 1. The number of hydrogen-bond acceptors (Lipinski definition) is 7. The largest absolute Gasteiger partial charge is 0.456 e. The van der Waals surface area contributed by atoms with Gasteiger partial charge in [-0.15, -0.1) is 10.2 Å². The molecule has 142 valence electrons. The van der Waals surface area contributed by atoms with E-state index in [0.717, 1.165) is 11.1 Å². The number of hydrogen-bond donors (Lipinski definition) is 1. The van der Waals surface area contributed by atoms with E-state index in [9.17, 15) is 9.59 Å². The van der Waals surface area contributed by atoms with Crippen molar-refractivity contribution in [2.45, 2.75) is 33.3 Å². The number of aromatic nitrogens is 3. The third kappa shape index (κ3) is 4.15. The summed E-state index contributed by atoms with van der Waals surface area (Å²) in [6.07, 6.45) is 0.444. The average molecular weight is 378 g/mol. The van der Waals surface area contributed by atoms with Crippen molar-refractivity contribution in [1.82, 2.24) is 15.2 Å². The van der Waals surface area contributed by atoms with E-state index in [1.807, 2.05) is 36.4 Å².